The number of hydrogen-bond donors (Lipinski definition) is 4. The Morgan fingerprint density at radius 3 is 1.26 bits per heavy atom. The summed E-state index contributed by atoms with van der Waals surface area (Å²) in [6, 6.07) is 0. The van der Waals surface area contributed by atoms with Crippen molar-refractivity contribution in [2.45, 2.75) is 79.7 Å². The standard InChI is InChI=1S/C16H15F17O2S.C6H15NO3/c17-9(18,5-7-36-6-3-1-2-4-8(34)35)10(19,20)11(21,22)12(23,24)13(25,26)14(27,28)15(29,30)16(31,32)33;8-4-1-7(2-5-9)3-6-10/h1-7H2,(H,34,35);8-10H,1-6H2. The number of aliphatic hydroxyl groups is 3. The predicted molar refractivity (Wildman–Crippen MR) is 123 cm³/mol. The summed E-state index contributed by atoms with van der Waals surface area (Å²) in [5, 5.41) is 35.7. The molecular weight excluding hydrogens is 713 g/mol. The molecule has 278 valence electrons. The fourth-order valence-corrected chi connectivity index (χ4v) is 4.17. The Kier molecular flexibility index (Phi) is 18.0. The number of rotatable bonds is 21. The summed E-state index contributed by atoms with van der Waals surface area (Å²) in [6.07, 6.45) is -10.5. The summed E-state index contributed by atoms with van der Waals surface area (Å²) in [5.41, 5.74) is 0. The number of carbonyl (C=O) groups excluding carboxylic acids is 1. The molecule has 24 heteroatoms. The van der Waals surface area contributed by atoms with Crippen molar-refractivity contribution in [1.82, 2.24) is 0 Å². The number of aliphatic hydroxyl groups excluding tert-OH is 3. The third kappa shape index (κ3) is 10.7. The average Bonchev–Trinajstić information content (AvgIpc) is 2.89. The van der Waals surface area contributed by atoms with E-state index in [9.17, 15) is 84.5 Å². The van der Waals surface area contributed by atoms with E-state index in [-0.39, 0.29) is 56.6 Å². The first kappa shape index (κ1) is 46.6. The van der Waals surface area contributed by atoms with Crippen molar-refractivity contribution in [2.75, 3.05) is 51.0 Å². The smallest absolute Gasteiger partial charge is 0.460 e. The van der Waals surface area contributed by atoms with Gasteiger partial charge in [0.1, 0.15) is 19.6 Å². The van der Waals surface area contributed by atoms with Crippen LogP contribution in [-0.2, 0) is 4.79 Å². The fraction of sp³-hybridized carbons (Fsp3) is 0.955. The monoisotopic (exact) mass is 743 g/mol. The van der Waals surface area contributed by atoms with Crippen LogP contribution in [0.5, 0.6) is 0 Å². The summed E-state index contributed by atoms with van der Waals surface area (Å²) in [4.78, 5) is 11.2. The van der Waals surface area contributed by atoms with E-state index in [2.05, 4.69) is 0 Å². The van der Waals surface area contributed by atoms with Crippen LogP contribution in [0.1, 0.15) is 32.1 Å². The molecule has 0 saturated heterocycles. The summed E-state index contributed by atoms with van der Waals surface area (Å²) in [6.45, 7) is 2.11. The molecule has 4 N–H and O–H groups in total. The number of hydrogen-bond acceptors (Lipinski definition) is 6. The predicted octanol–water partition coefficient (Wildman–Crippen LogP) is 3.28. The van der Waals surface area contributed by atoms with Gasteiger partial charge in [0.2, 0.25) is 0 Å². The normalized spacial score (nSPS) is 14.4. The maximum atomic E-state index is 13.6. The van der Waals surface area contributed by atoms with Crippen molar-refractivity contribution in [1.29, 1.82) is 0 Å². The van der Waals surface area contributed by atoms with Gasteiger partial charge in [0.25, 0.3) is 0 Å². The molecule has 0 aliphatic carbocycles. The molecule has 0 aliphatic rings. The van der Waals surface area contributed by atoms with Gasteiger partial charge in [0.15, 0.2) is 0 Å². The van der Waals surface area contributed by atoms with Crippen LogP contribution in [0.3, 0.4) is 0 Å². The maximum Gasteiger partial charge on any atom is 0.460 e. The van der Waals surface area contributed by atoms with Crippen LogP contribution < -0.4 is 10.0 Å². The van der Waals surface area contributed by atoms with Crippen molar-refractivity contribution in [3.63, 3.8) is 0 Å². The second-order valence-corrected chi connectivity index (χ2v) is 10.6. The average molecular weight is 744 g/mol. The first-order chi connectivity index (χ1) is 20.5. The third-order valence-electron chi connectivity index (χ3n) is 5.91. The maximum absolute atomic E-state index is 13.6. The summed E-state index contributed by atoms with van der Waals surface area (Å²) >= 11 is 0.288. The number of halogens is 17. The lowest BCUT2D eigenvalue weighted by Gasteiger charge is -2.42. The number of unbranched alkanes of at least 4 members (excludes halogenated alkanes) is 2. The summed E-state index contributed by atoms with van der Waals surface area (Å²) < 4.78 is 223. The molecular formula is C22H30F17NO5S. The van der Waals surface area contributed by atoms with E-state index in [0.717, 1.165) is 4.90 Å². The van der Waals surface area contributed by atoms with Gasteiger partial charge in [-0.15, -0.1) is 0 Å². The number of alkyl halides is 17. The molecule has 0 atom stereocenters. The number of carboxylic acid groups (broad SMARTS) is 1. The number of thioether (sulfide) groups is 1. The van der Waals surface area contributed by atoms with Gasteiger partial charge in [0, 0.05) is 12.4 Å². The zero-order valence-electron chi connectivity index (χ0n) is 23.2. The number of quaternary nitrogens is 1. The van der Waals surface area contributed by atoms with Crippen LogP contribution in [0, 0.1) is 0 Å². The highest BCUT2D eigenvalue weighted by Crippen LogP contribution is 2.64. The van der Waals surface area contributed by atoms with Crippen LogP contribution in [0.4, 0.5) is 74.6 Å². The molecule has 0 heterocycles. The molecule has 0 saturated carbocycles. The third-order valence-corrected chi connectivity index (χ3v) is 6.98. The summed E-state index contributed by atoms with van der Waals surface area (Å²) in [7, 11) is 0. The molecule has 0 aliphatic heterocycles. The minimum atomic E-state index is -8.62. The minimum Gasteiger partial charge on any atom is -0.550 e. The summed E-state index contributed by atoms with van der Waals surface area (Å²) in [5.74, 6) is -59.1. The van der Waals surface area contributed by atoms with E-state index < -0.39 is 72.2 Å². The Morgan fingerprint density at radius 2 is 0.913 bits per heavy atom. The molecule has 0 unspecified atom stereocenters. The van der Waals surface area contributed by atoms with Crippen LogP contribution >= 0.6 is 11.8 Å². The zero-order chi connectivity index (χ0) is 37.1. The van der Waals surface area contributed by atoms with Gasteiger partial charge in [-0.05, 0) is 30.8 Å². The van der Waals surface area contributed by atoms with Gasteiger partial charge >= 0.3 is 47.6 Å². The molecule has 0 spiro atoms. The highest BCUT2D eigenvalue weighted by molar-refractivity contribution is 7.99. The fourth-order valence-electron chi connectivity index (χ4n) is 3.16. The van der Waals surface area contributed by atoms with E-state index in [1.54, 1.807) is 0 Å². The van der Waals surface area contributed by atoms with E-state index in [1.165, 1.54) is 0 Å². The largest absolute Gasteiger partial charge is 0.550 e. The van der Waals surface area contributed by atoms with Crippen molar-refractivity contribution in [3.05, 3.63) is 0 Å². The van der Waals surface area contributed by atoms with Gasteiger partial charge < -0.3 is 30.1 Å². The van der Waals surface area contributed by atoms with Gasteiger partial charge in [-0.25, -0.2) is 0 Å². The zero-order valence-corrected chi connectivity index (χ0v) is 24.0. The lowest BCUT2D eigenvalue weighted by Crippen LogP contribution is -3.13. The van der Waals surface area contributed by atoms with Gasteiger partial charge in [-0.3, -0.25) is 0 Å². The highest BCUT2D eigenvalue weighted by atomic mass is 32.2. The van der Waals surface area contributed by atoms with Crippen molar-refractivity contribution in [3.8, 4) is 0 Å². The molecule has 0 amide bonds. The van der Waals surface area contributed by atoms with Gasteiger partial charge in [-0.2, -0.15) is 86.4 Å². The first-order valence-corrected chi connectivity index (χ1v) is 13.8. The molecule has 46 heavy (non-hydrogen) atoms. The number of aliphatic carboxylic acids is 1. The van der Waals surface area contributed by atoms with E-state index in [4.69, 9.17) is 15.3 Å². The van der Waals surface area contributed by atoms with Crippen molar-refractivity contribution in [2.24, 2.45) is 0 Å². The molecule has 0 rings (SSSR count). The molecule has 0 aromatic rings. The highest BCUT2D eigenvalue weighted by Gasteiger charge is 2.95. The SMILES string of the molecule is O=C([O-])CCCCCSCCC(F)(F)C(F)(F)C(F)(F)C(F)(F)C(F)(F)C(F)(F)C(F)(F)C(F)(F)F.OCC[NH+](CCO)CCO. The van der Waals surface area contributed by atoms with Crippen molar-refractivity contribution < 1.29 is 105 Å². The molecule has 6 nitrogen and oxygen atoms in total. The van der Waals surface area contributed by atoms with E-state index in [1.807, 2.05) is 0 Å². The lowest BCUT2D eigenvalue weighted by atomic mass is 9.88. The Morgan fingerprint density at radius 1 is 0.543 bits per heavy atom. The lowest BCUT2D eigenvalue weighted by molar-refractivity contribution is -0.901. The first-order valence-electron chi connectivity index (χ1n) is 12.7. The van der Waals surface area contributed by atoms with Crippen LogP contribution in [0.2, 0.25) is 0 Å². The number of carboxylic acids is 1. The van der Waals surface area contributed by atoms with Crippen LogP contribution in [0.15, 0.2) is 0 Å². The van der Waals surface area contributed by atoms with Crippen LogP contribution in [-0.4, -0.2) is 120 Å². The van der Waals surface area contributed by atoms with Crippen LogP contribution in [0.25, 0.3) is 0 Å². The number of carbonyl (C=O) groups is 1. The second kappa shape index (κ2) is 17.7. The number of nitrogens with one attached hydrogen (secondary N) is 1. The topological polar surface area (TPSA) is 105 Å². The molecule has 0 radical (unpaired) electrons. The minimum absolute atomic E-state index is 0.0324. The van der Waals surface area contributed by atoms with Crippen molar-refractivity contribution >= 4 is 17.7 Å². The van der Waals surface area contributed by atoms with Gasteiger partial charge in [0.05, 0.1) is 19.8 Å². The molecule has 0 aromatic carbocycles. The molecule has 0 fully saturated rings. The van der Waals surface area contributed by atoms with Gasteiger partial charge in [-0.1, -0.05) is 6.42 Å². The Bertz CT molecular complexity index is 892. The Balaban J connectivity index is 0. The van der Waals surface area contributed by atoms with E-state index in [0.29, 0.717) is 19.6 Å². The molecule has 0 aromatic heterocycles. The second-order valence-electron chi connectivity index (χ2n) is 9.36. The Hall–Kier alpha value is -1.53. The molecule has 0 bridgehead atoms. The van der Waals surface area contributed by atoms with E-state index >= 15 is 0 Å². The quantitative estimate of drug-likeness (QED) is 0.106. The Labute approximate surface area is 253 Å².